The Morgan fingerprint density at radius 2 is 2.17 bits per heavy atom. The zero-order chi connectivity index (χ0) is 17.2. The van der Waals surface area contributed by atoms with Crippen molar-refractivity contribution in [1.82, 2.24) is 10.2 Å². The zero-order valence-electron chi connectivity index (χ0n) is 14.7. The van der Waals surface area contributed by atoms with Gasteiger partial charge in [0, 0.05) is 20.2 Å². The molecule has 1 saturated heterocycles. The molecule has 2 amide bonds. The van der Waals surface area contributed by atoms with Gasteiger partial charge < -0.3 is 20.1 Å². The molecule has 0 radical (unpaired) electrons. The minimum atomic E-state index is -0.127. The van der Waals surface area contributed by atoms with Crippen molar-refractivity contribution in [2.75, 3.05) is 20.2 Å². The molecule has 2 atom stereocenters. The summed E-state index contributed by atoms with van der Waals surface area (Å²) >= 11 is 0. The Balaban J connectivity index is 1.67. The molecule has 24 heavy (non-hydrogen) atoms. The smallest absolute Gasteiger partial charge is 0.317 e. The van der Waals surface area contributed by atoms with Gasteiger partial charge in [-0.1, -0.05) is 12.1 Å². The minimum Gasteiger partial charge on any atom is -0.508 e. The van der Waals surface area contributed by atoms with Gasteiger partial charge in [0.15, 0.2) is 0 Å². The molecule has 2 N–H and O–H groups in total. The number of aromatic hydroxyl groups is 1. The molecule has 5 nitrogen and oxygen atoms in total. The largest absolute Gasteiger partial charge is 0.508 e. The molecule has 132 valence electrons. The highest BCUT2D eigenvalue weighted by atomic mass is 16.5. The third kappa shape index (κ3) is 3.51. The molecule has 1 fully saturated rings. The lowest BCUT2D eigenvalue weighted by molar-refractivity contribution is -0.00501. The predicted molar refractivity (Wildman–Crippen MR) is 93.2 cm³/mol. The summed E-state index contributed by atoms with van der Waals surface area (Å²) in [5.41, 5.74) is 1.92. The van der Waals surface area contributed by atoms with E-state index in [2.05, 4.69) is 12.2 Å². The zero-order valence-corrected chi connectivity index (χ0v) is 14.7. The van der Waals surface area contributed by atoms with Gasteiger partial charge in [-0.2, -0.15) is 0 Å². The first-order valence-corrected chi connectivity index (χ1v) is 8.94. The lowest BCUT2D eigenvalue weighted by Gasteiger charge is -2.30. The van der Waals surface area contributed by atoms with E-state index in [-0.39, 0.29) is 17.7 Å². The van der Waals surface area contributed by atoms with Crippen LogP contribution in [0.3, 0.4) is 0 Å². The number of hydrogen-bond acceptors (Lipinski definition) is 3. The summed E-state index contributed by atoms with van der Waals surface area (Å²) in [5.74, 6) is 0.345. The number of hydrogen-bond donors (Lipinski definition) is 2. The Morgan fingerprint density at radius 1 is 1.33 bits per heavy atom. The van der Waals surface area contributed by atoms with E-state index in [0.29, 0.717) is 5.75 Å². The van der Waals surface area contributed by atoms with Gasteiger partial charge in [-0.3, -0.25) is 0 Å². The average molecular weight is 332 g/mol. The highest BCUT2D eigenvalue weighted by Gasteiger charge is 2.30. The second-order valence-corrected chi connectivity index (χ2v) is 7.23. The number of nitrogens with zero attached hydrogens (tertiary/aromatic N) is 1. The van der Waals surface area contributed by atoms with Crippen molar-refractivity contribution in [3.63, 3.8) is 0 Å². The third-order valence-electron chi connectivity index (χ3n) is 5.60. The number of methoxy groups -OCH3 is 1. The maximum atomic E-state index is 12.7. The molecule has 3 rings (SSSR count). The van der Waals surface area contributed by atoms with Crippen molar-refractivity contribution in [3.8, 4) is 5.75 Å². The van der Waals surface area contributed by atoms with Crippen LogP contribution in [0.2, 0.25) is 0 Å². The van der Waals surface area contributed by atoms with Gasteiger partial charge in [0.1, 0.15) is 5.75 Å². The molecule has 1 aliphatic carbocycles. The second-order valence-electron chi connectivity index (χ2n) is 7.23. The number of amides is 2. The number of benzene rings is 1. The van der Waals surface area contributed by atoms with E-state index in [4.69, 9.17) is 4.74 Å². The Bertz CT molecular complexity index is 604. The van der Waals surface area contributed by atoms with Crippen LogP contribution >= 0.6 is 0 Å². The fraction of sp³-hybridized carbons (Fsp3) is 0.632. The summed E-state index contributed by atoms with van der Waals surface area (Å²) in [6.45, 7) is 3.61. The number of ether oxygens (including phenoxy) is 1. The van der Waals surface area contributed by atoms with Crippen molar-refractivity contribution < 1.29 is 14.6 Å². The van der Waals surface area contributed by atoms with Gasteiger partial charge in [-0.25, -0.2) is 4.79 Å². The van der Waals surface area contributed by atoms with Crippen LogP contribution in [0, 0.1) is 0 Å². The van der Waals surface area contributed by atoms with E-state index >= 15 is 0 Å². The van der Waals surface area contributed by atoms with Crippen LogP contribution < -0.4 is 5.32 Å². The maximum absolute atomic E-state index is 12.7. The summed E-state index contributed by atoms with van der Waals surface area (Å²) in [5, 5.41) is 13.2. The SMILES string of the molecule is COC1(C)CCCN(C(=O)NC2CCCc3c(O)cccc32)CC1. The van der Waals surface area contributed by atoms with Gasteiger partial charge in [0.05, 0.1) is 11.6 Å². The van der Waals surface area contributed by atoms with Gasteiger partial charge in [-0.05, 0) is 62.6 Å². The number of carbonyl (C=O) groups is 1. The number of urea groups is 1. The number of phenols is 1. The summed E-state index contributed by atoms with van der Waals surface area (Å²) in [6, 6.07) is 5.59. The van der Waals surface area contributed by atoms with Gasteiger partial charge >= 0.3 is 6.03 Å². The molecule has 1 aromatic carbocycles. The average Bonchev–Trinajstić information content (AvgIpc) is 2.78. The van der Waals surface area contributed by atoms with Crippen LogP contribution in [-0.4, -0.2) is 41.8 Å². The molecule has 0 spiro atoms. The summed E-state index contributed by atoms with van der Waals surface area (Å²) in [7, 11) is 1.75. The van der Waals surface area contributed by atoms with Crippen LogP contribution in [0.4, 0.5) is 4.79 Å². The highest BCUT2D eigenvalue weighted by Crippen LogP contribution is 2.35. The predicted octanol–water partition coefficient (Wildman–Crippen LogP) is 3.37. The van der Waals surface area contributed by atoms with Crippen LogP contribution in [0.1, 0.15) is 56.2 Å². The van der Waals surface area contributed by atoms with E-state index in [9.17, 15) is 9.90 Å². The van der Waals surface area contributed by atoms with Crippen molar-refractivity contribution in [2.24, 2.45) is 0 Å². The molecule has 0 bridgehead atoms. The third-order valence-corrected chi connectivity index (χ3v) is 5.60. The number of fused-ring (bicyclic) bond motifs is 1. The van der Waals surface area contributed by atoms with Gasteiger partial charge in [0.2, 0.25) is 0 Å². The molecule has 0 saturated carbocycles. The Labute approximate surface area is 144 Å². The molecule has 5 heteroatoms. The number of rotatable bonds is 2. The Morgan fingerprint density at radius 3 is 2.96 bits per heavy atom. The lowest BCUT2D eigenvalue weighted by Crippen LogP contribution is -2.43. The number of likely N-dealkylation sites (tertiary alicyclic amines) is 1. The van der Waals surface area contributed by atoms with Crippen LogP contribution in [0.5, 0.6) is 5.75 Å². The van der Waals surface area contributed by atoms with Crippen molar-refractivity contribution in [2.45, 2.75) is 57.1 Å². The topological polar surface area (TPSA) is 61.8 Å². The molecule has 1 heterocycles. The van der Waals surface area contributed by atoms with E-state index in [0.717, 1.165) is 62.7 Å². The molecule has 1 aromatic rings. The first kappa shape index (κ1) is 17.1. The van der Waals surface area contributed by atoms with E-state index in [1.165, 1.54) is 0 Å². The fourth-order valence-corrected chi connectivity index (χ4v) is 3.88. The lowest BCUT2D eigenvalue weighted by atomic mass is 9.87. The summed E-state index contributed by atoms with van der Waals surface area (Å²) in [6.07, 6.45) is 5.58. The number of nitrogens with one attached hydrogen (secondary N) is 1. The van der Waals surface area contributed by atoms with E-state index < -0.39 is 0 Å². The van der Waals surface area contributed by atoms with Gasteiger partial charge in [0.25, 0.3) is 0 Å². The highest BCUT2D eigenvalue weighted by molar-refractivity contribution is 5.75. The molecular formula is C19H28N2O3. The Kier molecular flexibility index (Phi) is 4.99. The van der Waals surface area contributed by atoms with Crippen molar-refractivity contribution in [3.05, 3.63) is 29.3 Å². The maximum Gasteiger partial charge on any atom is 0.317 e. The van der Waals surface area contributed by atoms with Crippen molar-refractivity contribution in [1.29, 1.82) is 0 Å². The van der Waals surface area contributed by atoms with E-state index in [1.54, 1.807) is 13.2 Å². The number of carbonyl (C=O) groups excluding carboxylic acids is 1. The molecule has 2 unspecified atom stereocenters. The summed E-state index contributed by atoms with van der Waals surface area (Å²) in [4.78, 5) is 14.6. The van der Waals surface area contributed by atoms with Crippen molar-refractivity contribution >= 4 is 6.03 Å². The minimum absolute atomic E-state index is 0.00320. The monoisotopic (exact) mass is 332 g/mol. The number of phenolic OH excluding ortho intramolecular Hbond substituents is 1. The molecule has 0 aromatic heterocycles. The van der Waals surface area contributed by atoms with Gasteiger partial charge in [-0.15, -0.1) is 0 Å². The normalized spacial score (nSPS) is 27.2. The van der Waals surface area contributed by atoms with E-state index in [1.807, 2.05) is 17.0 Å². The van der Waals surface area contributed by atoms with Crippen LogP contribution in [0.15, 0.2) is 18.2 Å². The first-order chi connectivity index (χ1) is 11.5. The van der Waals surface area contributed by atoms with Crippen LogP contribution in [-0.2, 0) is 11.2 Å². The van der Waals surface area contributed by atoms with Crippen LogP contribution in [0.25, 0.3) is 0 Å². The molecule has 2 aliphatic rings. The summed E-state index contributed by atoms with van der Waals surface area (Å²) < 4.78 is 5.61. The quantitative estimate of drug-likeness (QED) is 0.873. The first-order valence-electron chi connectivity index (χ1n) is 8.94. The standard InChI is InChI=1S/C19H28N2O3/c1-19(24-2)10-5-12-21(13-11-19)18(23)20-16-8-3-7-15-14(16)6-4-9-17(15)22/h4,6,9,16,22H,3,5,7-8,10-13H2,1-2H3,(H,20,23). The second kappa shape index (κ2) is 7.01. The fourth-order valence-electron chi connectivity index (χ4n) is 3.88. The Hall–Kier alpha value is -1.75. The molecular weight excluding hydrogens is 304 g/mol. The molecule has 1 aliphatic heterocycles.